The summed E-state index contributed by atoms with van der Waals surface area (Å²) in [5.74, 6) is 0.198. The molecule has 6 nitrogen and oxygen atoms in total. The summed E-state index contributed by atoms with van der Waals surface area (Å²) < 4.78 is 17.7. The van der Waals surface area contributed by atoms with Crippen molar-refractivity contribution in [2.75, 3.05) is 53.1 Å². The quantitative estimate of drug-likeness (QED) is 0.0731. The second-order valence-corrected chi connectivity index (χ2v) is 13.1. The Labute approximate surface area is 293 Å². The summed E-state index contributed by atoms with van der Waals surface area (Å²) in [6, 6.07) is 26.7. The van der Waals surface area contributed by atoms with E-state index in [9.17, 15) is 4.79 Å². The number of carbonyl (C=O) groups is 1. The van der Waals surface area contributed by atoms with E-state index in [0.29, 0.717) is 24.5 Å². The van der Waals surface area contributed by atoms with Crippen LogP contribution in [0, 0.1) is 20.8 Å². The van der Waals surface area contributed by atoms with Crippen molar-refractivity contribution >= 4 is 5.97 Å². The topological polar surface area (TPSA) is 68.8 Å². The van der Waals surface area contributed by atoms with E-state index >= 15 is 0 Å². The predicted octanol–water partition coefficient (Wildman–Crippen LogP) is 8.09. The summed E-state index contributed by atoms with van der Waals surface area (Å²) in [7, 11) is 1.95. The molecule has 0 heterocycles. The normalized spacial score (nSPS) is 12.9. The highest BCUT2D eigenvalue weighted by molar-refractivity contribution is 5.94. The van der Waals surface area contributed by atoms with Crippen molar-refractivity contribution < 1.29 is 19.0 Å². The molecule has 0 fully saturated rings. The Kier molecular flexibility index (Phi) is 12.7. The first-order valence-electron chi connectivity index (χ1n) is 18.0. The molecule has 0 saturated carbocycles. The molecule has 1 aliphatic carbocycles. The maximum Gasteiger partial charge on any atom is 0.341 e. The average Bonchev–Trinajstić information content (AvgIpc) is 3.37. The number of aryl methyl sites for hydroxylation is 4. The summed E-state index contributed by atoms with van der Waals surface area (Å²) in [4.78, 5) is 13.6. The lowest BCUT2D eigenvalue weighted by Gasteiger charge is -2.35. The van der Waals surface area contributed by atoms with Gasteiger partial charge < -0.3 is 24.8 Å². The SMILES string of the molecule is CCNCCOCCCc1ccc(C2(c3ccc(OCCCCNC)c(C(=O)OCC)c3)c3cc(C)ccc3-c3ccc(C)cc32)cc1C. The molecule has 2 N–H and O–H groups in total. The minimum absolute atomic E-state index is 0.293. The van der Waals surface area contributed by atoms with Gasteiger partial charge in [0, 0.05) is 13.2 Å². The van der Waals surface area contributed by atoms with Gasteiger partial charge in [-0.15, -0.1) is 0 Å². The summed E-state index contributed by atoms with van der Waals surface area (Å²) in [5.41, 5.74) is 11.9. The largest absolute Gasteiger partial charge is 0.493 e. The number of rotatable bonds is 18. The summed E-state index contributed by atoms with van der Waals surface area (Å²) >= 11 is 0. The molecular formula is C43H54N2O4. The first-order chi connectivity index (χ1) is 23.8. The van der Waals surface area contributed by atoms with E-state index in [0.717, 1.165) is 64.1 Å². The highest BCUT2D eigenvalue weighted by Gasteiger charge is 2.47. The van der Waals surface area contributed by atoms with Crippen LogP contribution >= 0.6 is 0 Å². The van der Waals surface area contributed by atoms with E-state index in [2.05, 4.69) is 99.0 Å². The van der Waals surface area contributed by atoms with Crippen LogP contribution in [0.1, 0.15) is 88.0 Å². The summed E-state index contributed by atoms with van der Waals surface area (Å²) in [6.45, 7) is 15.6. The first-order valence-corrected chi connectivity index (χ1v) is 18.0. The summed E-state index contributed by atoms with van der Waals surface area (Å²) in [5, 5.41) is 6.50. The zero-order valence-electron chi connectivity index (χ0n) is 30.3. The number of nitrogens with one attached hydrogen (secondary N) is 2. The Balaban J connectivity index is 1.63. The Morgan fingerprint density at radius 2 is 1.43 bits per heavy atom. The summed E-state index contributed by atoms with van der Waals surface area (Å²) in [6.07, 6.45) is 3.82. The number of carbonyl (C=O) groups excluding carboxylic acids is 1. The number of esters is 1. The molecule has 0 bridgehead atoms. The molecule has 4 aromatic carbocycles. The molecule has 0 aromatic heterocycles. The average molecular weight is 663 g/mol. The van der Waals surface area contributed by atoms with Gasteiger partial charge in [0.05, 0.1) is 25.2 Å². The van der Waals surface area contributed by atoms with Crippen LogP contribution in [0.2, 0.25) is 0 Å². The van der Waals surface area contributed by atoms with Crippen molar-refractivity contribution in [3.63, 3.8) is 0 Å². The Bertz CT molecular complexity index is 1680. The lowest BCUT2D eigenvalue weighted by atomic mass is 9.66. The molecule has 4 aromatic rings. The van der Waals surface area contributed by atoms with Crippen LogP contribution in [0.15, 0.2) is 72.8 Å². The Hall–Kier alpha value is -3.97. The van der Waals surface area contributed by atoms with E-state index in [4.69, 9.17) is 14.2 Å². The van der Waals surface area contributed by atoms with Crippen molar-refractivity contribution in [3.8, 4) is 16.9 Å². The zero-order valence-corrected chi connectivity index (χ0v) is 30.3. The molecule has 1 aliphatic rings. The van der Waals surface area contributed by atoms with Gasteiger partial charge >= 0.3 is 5.97 Å². The fraction of sp³-hybridized carbons (Fsp3) is 0.419. The third-order valence-corrected chi connectivity index (χ3v) is 9.62. The minimum Gasteiger partial charge on any atom is -0.493 e. The van der Waals surface area contributed by atoms with Crippen LogP contribution < -0.4 is 15.4 Å². The maximum atomic E-state index is 13.6. The van der Waals surface area contributed by atoms with Gasteiger partial charge in [0.25, 0.3) is 0 Å². The van der Waals surface area contributed by atoms with Gasteiger partial charge in [-0.1, -0.05) is 78.7 Å². The lowest BCUT2D eigenvalue weighted by Crippen LogP contribution is -2.29. The number of fused-ring (bicyclic) bond motifs is 3. The van der Waals surface area contributed by atoms with Gasteiger partial charge in [0.1, 0.15) is 11.3 Å². The minimum atomic E-state index is -0.645. The molecule has 6 heteroatoms. The van der Waals surface area contributed by atoms with Gasteiger partial charge in [0.15, 0.2) is 0 Å². The van der Waals surface area contributed by atoms with Crippen LogP contribution in [0.5, 0.6) is 5.75 Å². The standard InChI is InChI=1S/C43H54N2O4/c1-7-45-22-25-47-23-11-12-33-15-16-34(28-32(33)5)43(39-26-30(3)13-18-36(39)37-19-14-31(4)27-40(37)43)35-17-20-41(49-24-10-9-21-44-6)38(29-35)42(46)48-8-2/h13-20,26-29,44-45H,7-12,21-25H2,1-6H3. The first kappa shape index (κ1) is 36.3. The maximum absolute atomic E-state index is 13.6. The smallest absolute Gasteiger partial charge is 0.341 e. The van der Waals surface area contributed by atoms with Gasteiger partial charge in [-0.3, -0.25) is 0 Å². The molecule has 0 amide bonds. The molecule has 0 unspecified atom stereocenters. The van der Waals surface area contributed by atoms with Crippen molar-refractivity contribution in [2.45, 2.75) is 65.7 Å². The van der Waals surface area contributed by atoms with Crippen LogP contribution in [0.4, 0.5) is 0 Å². The van der Waals surface area contributed by atoms with Gasteiger partial charge in [-0.25, -0.2) is 4.79 Å². The molecule has 0 aliphatic heterocycles. The van der Waals surface area contributed by atoms with Crippen molar-refractivity contribution in [3.05, 3.63) is 123 Å². The molecule has 0 radical (unpaired) electrons. The van der Waals surface area contributed by atoms with Crippen LogP contribution in [-0.2, 0) is 21.3 Å². The lowest BCUT2D eigenvalue weighted by molar-refractivity contribution is 0.0521. The van der Waals surface area contributed by atoms with Crippen LogP contribution in [0.25, 0.3) is 11.1 Å². The number of likely N-dealkylation sites (N-methyl/N-ethyl adjacent to an activating group) is 1. The molecule has 260 valence electrons. The number of ether oxygens (including phenoxy) is 3. The number of unbranched alkanes of at least 4 members (excludes halogenated alkanes) is 1. The van der Waals surface area contributed by atoms with Gasteiger partial charge in [-0.05, 0) is 130 Å². The van der Waals surface area contributed by atoms with E-state index < -0.39 is 5.41 Å². The van der Waals surface area contributed by atoms with Gasteiger partial charge in [0.2, 0.25) is 0 Å². The molecular weight excluding hydrogens is 608 g/mol. The van der Waals surface area contributed by atoms with Crippen molar-refractivity contribution in [1.29, 1.82) is 0 Å². The third kappa shape index (κ3) is 7.93. The monoisotopic (exact) mass is 662 g/mol. The molecule has 49 heavy (non-hydrogen) atoms. The van der Waals surface area contributed by atoms with E-state index in [-0.39, 0.29) is 5.97 Å². The second kappa shape index (κ2) is 17.1. The molecule has 0 spiro atoms. The highest BCUT2D eigenvalue weighted by Crippen LogP contribution is 2.57. The van der Waals surface area contributed by atoms with Crippen molar-refractivity contribution in [2.24, 2.45) is 0 Å². The zero-order chi connectivity index (χ0) is 34.8. The van der Waals surface area contributed by atoms with Crippen molar-refractivity contribution in [1.82, 2.24) is 10.6 Å². The number of benzene rings is 4. The third-order valence-electron chi connectivity index (χ3n) is 9.62. The van der Waals surface area contributed by atoms with Gasteiger partial charge in [-0.2, -0.15) is 0 Å². The fourth-order valence-corrected chi connectivity index (χ4v) is 7.18. The number of hydrogen-bond acceptors (Lipinski definition) is 6. The molecule has 0 saturated heterocycles. The Morgan fingerprint density at radius 3 is 2.08 bits per heavy atom. The highest BCUT2D eigenvalue weighted by atomic mass is 16.5. The molecule has 0 atom stereocenters. The van der Waals surface area contributed by atoms with E-state index in [1.807, 2.05) is 26.1 Å². The van der Waals surface area contributed by atoms with E-state index in [1.165, 1.54) is 50.1 Å². The fourth-order valence-electron chi connectivity index (χ4n) is 7.18. The van der Waals surface area contributed by atoms with Crippen LogP contribution in [-0.4, -0.2) is 59.1 Å². The van der Waals surface area contributed by atoms with Crippen LogP contribution in [0.3, 0.4) is 0 Å². The Morgan fingerprint density at radius 1 is 0.735 bits per heavy atom. The molecule has 5 rings (SSSR count). The van der Waals surface area contributed by atoms with E-state index in [1.54, 1.807) is 0 Å². The number of hydrogen-bond donors (Lipinski definition) is 2. The second-order valence-electron chi connectivity index (χ2n) is 13.1. The predicted molar refractivity (Wildman–Crippen MR) is 200 cm³/mol.